The lowest BCUT2D eigenvalue weighted by molar-refractivity contribution is -0.136. The van der Waals surface area contributed by atoms with Crippen molar-refractivity contribution in [3.8, 4) is 0 Å². The van der Waals surface area contributed by atoms with Gasteiger partial charge in [0.15, 0.2) is 23.2 Å². The molecular weight excluding hydrogens is 909 g/mol. The van der Waals surface area contributed by atoms with Gasteiger partial charge in [-0.1, -0.05) is 32.9 Å². The molecule has 2 aromatic carbocycles. The molecule has 1 saturated carbocycles. The van der Waals surface area contributed by atoms with Gasteiger partial charge in [-0.25, -0.2) is 19.9 Å². The van der Waals surface area contributed by atoms with E-state index >= 15 is 0 Å². The zero-order valence-corrected chi connectivity index (χ0v) is 41.1. The van der Waals surface area contributed by atoms with Crippen molar-refractivity contribution in [2.75, 3.05) is 36.8 Å². The molecule has 9 rings (SSSR count). The Kier molecular flexibility index (Phi) is 14.5. The number of aromatic nitrogens is 6. The van der Waals surface area contributed by atoms with E-state index in [1.54, 1.807) is 23.0 Å². The summed E-state index contributed by atoms with van der Waals surface area (Å²) in [5.41, 5.74) is 5.22. The number of hydrogen-bond acceptors (Lipinski definition) is 15. The van der Waals surface area contributed by atoms with Crippen LogP contribution in [0.4, 0.5) is 11.5 Å². The van der Waals surface area contributed by atoms with Gasteiger partial charge in [-0.2, -0.15) is 0 Å². The number of aryl methyl sites for hydroxylation is 1. The minimum absolute atomic E-state index is 0.0404. The molecule has 7 N–H and O–H groups in total. The van der Waals surface area contributed by atoms with Gasteiger partial charge >= 0.3 is 0 Å². The Bertz CT molecular complexity index is 2800. The predicted molar refractivity (Wildman–Crippen MR) is 264 cm³/mol. The molecule has 3 fully saturated rings. The monoisotopic (exact) mass is 975 g/mol. The summed E-state index contributed by atoms with van der Waals surface area (Å²) in [6.45, 7) is 12.8. The van der Waals surface area contributed by atoms with E-state index in [1.165, 1.54) is 18.0 Å². The van der Waals surface area contributed by atoms with E-state index in [1.807, 2.05) is 0 Å². The lowest BCUT2D eigenvalue weighted by atomic mass is 9.76. The number of anilines is 2. The number of aliphatic hydroxyl groups is 2. The summed E-state index contributed by atoms with van der Waals surface area (Å²) < 4.78 is 8.08. The fraction of sp³-hybridized carbons (Fsp3) is 0.549. The first-order valence-corrected chi connectivity index (χ1v) is 25.1. The van der Waals surface area contributed by atoms with Crippen molar-refractivity contribution >= 4 is 63.2 Å². The Morgan fingerprint density at radius 3 is 2.52 bits per heavy atom. The molecule has 3 aliphatic heterocycles. The Labute approximate surface area is 412 Å². The Hall–Kier alpha value is -6.35. The molecule has 5 aromatic rings. The average molecular weight is 975 g/mol. The van der Waals surface area contributed by atoms with Crippen LogP contribution in [-0.4, -0.2) is 142 Å². The molecule has 4 aliphatic rings. The first-order valence-electron chi connectivity index (χ1n) is 25.1. The molecule has 20 nitrogen and oxygen atoms in total. The number of nitrogens with zero attached hydrogens (tertiary/aromatic N) is 7. The normalized spacial score (nSPS) is 23.5. The molecular formula is C51H66N12O8. The smallest absolute Gasteiger partial charge is 0.264 e. The van der Waals surface area contributed by atoms with Crippen molar-refractivity contribution in [2.45, 2.75) is 147 Å². The number of H-pyrrole nitrogens is 1. The second-order valence-corrected chi connectivity index (χ2v) is 20.8. The molecule has 6 heterocycles. The maximum absolute atomic E-state index is 13.3. The minimum Gasteiger partial charge on any atom is -0.387 e. The molecule has 71 heavy (non-hydrogen) atoms. The van der Waals surface area contributed by atoms with Gasteiger partial charge in [-0.15, -0.1) is 0 Å². The van der Waals surface area contributed by atoms with Crippen LogP contribution in [0.15, 0.2) is 49.1 Å². The van der Waals surface area contributed by atoms with Crippen LogP contribution in [-0.2, 0) is 31.0 Å². The van der Waals surface area contributed by atoms with Crippen molar-refractivity contribution < 1.29 is 38.9 Å². The van der Waals surface area contributed by atoms with Crippen LogP contribution >= 0.6 is 0 Å². The number of hydrogen-bond donors (Lipinski definition) is 7. The highest BCUT2D eigenvalue weighted by Crippen LogP contribution is 2.39. The van der Waals surface area contributed by atoms with Crippen molar-refractivity contribution in [3.05, 3.63) is 71.6 Å². The van der Waals surface area contributed by atoms with Gasteiger partial charge in [0.2, 0.25) is 17.7 Å². The molecule has 5 atom stereocenters. The number of unbranched alkanes of at least 4 members (excludes halogenated alkanes) is 1. The predicted octanol–water partition coefficient (Wildman–Crippen LogP) is 4.34. The van der Waals surface area contributed by atoms with Crippen LogP contribution in [0, 0.1) is 5.92 Å². The highest BCUT2D eigenvalue weighted by molar-refractivity contribution is 6.25. The van der Waals surface area contributed by atoms with Crippen LogP contribution in [0.2, 0.25) is 0 Å². The molecule has 378 valence electrons. The van der Waals surface area contributed by atoms with Crippen LogP contribution in [0.5, 0.6) is 0 Å². The Balaban J connectivity index is 0.689. The number of piperidine rings is 1. The van der Waals surface area contributed by atoms with E-state index in [0.29, 0.717) is 73.6 Å². The average Bonchev–Trinajstić information content (AvgIpc) is 4.07. The number of imidazole rings is 2. The summed E-state index contributed by atoms with van der Waals surface area (Å²) in [4.78, 5) is 88.4. The topological polar surface area (TPSA) is 262 Å². The second kappa shape index (κ2) is 20.8. The molecule has 3 unspecified atom stereocenters. The molecule has 2 saturated heterocycles. The largest absolute Gasteiger partial charge is 0.387 e. The zero-order valence-electron chi connectivity index (χ0n) is 41.1. The van der Waals surface area contributed by atoms with Crippen LogP contribution < -0.4 is 21.3 Å². The molecule has 0 bridgehead atoms. The van der Waals surface area contributed by atoms with E-state index in [-0.39, 0.29) is 47.8 Å². The maximum Gasteiger partial charge on any atom is 0.264 e. The molecule has 0 spiro atoms. The summed E-state index contributed by atoms with van der Waals surface area (Å²) in [5, 5.41) is 34.2. The third kappa shape index (κ3) is 10.5. The fourth-order valence-electron chi connectivity index (χ4n) is 10.4. The lowest BCUT2D eigenvalue weighted by Crippen LogP contribution is -2.54. The van der Waals surface area contributed by atoms with Crippen molar-refractivity contribution in [1.82, 2.24) is 49.9 Å². The zero-order chi connectivity index (χ0) is 50.1. The highest BCUT2D eigenvalue weighted by Gasteiger charge is 2.48. The van der Waals surface area contributed by atoms with E-state index < -0.39 is 54.2 Å². The number of carbonyl (C=O) groups is 5. The number of rotatable bonds is 20. The third-order valence-corrected chi connectivity index (χ3v) is 14.5. The molecule has 5 amide bonds. The fourth-order valence-corrected chi connectivity index (χ4v) is 10.4. The standard InChI is InChI=1S/C51H66N12O8/c1-28(2)61(31-22-29(23-31)13-17-38-58-33-15-14-30(51(3,4)5)24-35(33)59-38)25-37-43(66)44(67)50(71-37)62-27-57-42-45(55-26-56-46(42)62)54-20-7-6-19-53-39(64)12-9-21-52-34-11-8-10-32-41(34)49(70)63(48(32)69)36-16-18-40(65)60-47(36)68/h8,10-11,14-15,24,26-29,31,36-37,43-44,50,52,66-67H,6-7,9,12-13,16-23,25H2,1-5H3,(H,53,64)(H,58,59)(H,54,55,56)(H,60,65,68)/t29?,31?,36?,37-,43?,44?,50-/m1/s1. The van der Waals surface area contributed by atoms with Gasteiger partial charge in [0.05, 0.1) is 28.5 Å². The van der Waals surface area contributed by atoms with Crippen LogP contribution in [0.25, 0.3) is 22.2 Å². The first-order chi connectivity index (χ1) is 34.0. The van der Waals surface area contributed by atoms with E-state index in [9.17, 15) is 34.2 Å². The van der Waals surface area contributed by atoms with Crippen LogP contribution in [0.3, 0.4) is 0 Å². The number of amides is 5. The van der Waals surface area contributed by atoms with Gasteiger partial charge in [0.1, 0.15) is 36.5 Å². The summed E-state index contributed by atoms with van der Waals surface area (Å²) in [7, 11) is 0. The summed E-state index contributed by atoms with van der Waals surface area (Å²) in [6.07, 6.45) is 5.51. The SMILES string of the molecule is CC(C)N(C[C@H]1O[C@@H](n2cnc3c(NCCCCNC(=O)CCCNc4cccc5c4C(=O)N(C4CCC(=O)NC4=O)C5=O)ncnc32)C(O)C1O)C1CC(CCc2nc3cc(C(C)(C)C)ccc3[nH]2)C1. The summed E-state index contributed by atoms with van der Waals surface area (Å²) in [5.74, 6) is -0.254. The van der Waals surface area contributed by atoms with Crippen LogP contribution in [0.1, 0.15) is 131 Å². The van der Waals surface area contributed by atoms with Crippen molar-refractivity contribution in [1.29, 1.82) is 0 Å². The van der Waals surface area contributed by atoms with E-state index in [2.05, 4.69) is 98.9 Å². The number of benzene rings is 2. The number of carbonyl (C=O) groups excluding carboxylic acids is 5. The molecule has 1 aliphatic carbocycles. The number of aromatic amines is 1. The number of fused-ring (bicyclic) bond motifs is 3. The van der Waals surface area contributed by atoms with Crippen molar-refractivity contribution in [2.24, 2.45) is 5.92 Å². The number of nitrogens with one attached hydrogen (secondary N) is 5. The Morgan fingerprint density at radius 2 is 1.75 bits per heavy atom. The Morgan fingerprint density at radius 1 is 0.958 bits per heavy atom. The first kappa shape index (κ1) is 49.6. The molecule has 3 aromatic heterocycles. The van der Waals surface area contributed by atoms with Crippen molar-refractivity contribution in [3.63, 3.8) is 0 Å². The lowest BCUT2D eigenvalue weighted by Gasteiger charge is -2.46. The van der Waals surface area contributed by atoms with Gasteiger partial charge in [0.25, 0.3) is 11.8 Å². The summed E-state index contributed by atoms with van der Waals surface area (Å²) in [6, 6.07) is 10.9. The minimum atomic E-state index is -1.19. The highest BCUT2D eigenvalue weighted by atomic mass is 16.6. The van der Waals surface area contributed by atoms with Gasteiger partial charge in [-0.05, 0) is 100.0 Å². The van der Waals surface area contributed by atoms with Gasteiger partial charge in [-0.3, -0.25) is 43.7 Å². The third-order valence-electron chi connectivity index (χ3n) is 14.5. The molecule has 20 heteroatoms. The van der Waals surface area contributed by atoms with E-state index in [4.69, 9.17) is 9.72 Å². The van der Waals surface area contributed by atoms with Gasteiger partial charge in [0, 0.05) is 63.2 Å². The van der Waals surface area contributed by atoms with E-state index in [0.717, 1.165) is 53.9 Å². The number of imide groups is 2. The summed E-state index contributed by atoms with van der Waals surface area (Å²) >= 11 is 0. The maximum atomic E-state index is 13.3. The second-order valence-electron chi connectivity index (χ2n) is 20.8. The number of ether oxygens (including phenoxy) is 1. The quantitative estimate of drug-likeness (QED) is 0.0423. The molecule has 0 radical (unpaired) electrons. The number of aliphatic hydroxyl groups excluding tert-OH is 2. The van der Waals surface area contributed by atoms with Gasteiger partial charge < -0.3 is 35.9 Å².